The molecular weight excluding hydrogens is 224 g/mol. The molecule has 0 aromatic heterocycles. The Morgan fingerprint density at radius 2 is 2.19 bits per heavy atom. The van der Waals surface area contributed by atoms with Crippen molar-refractivity contribution in [3.05, 3.63) is 0 Å². The smallest absolute Gasteiger partial charge is 0.239 e. The summed E-state index contributed by atoms with van der Waals surface area (Å²) in [6.45, 7) is 6.10. The summed E-state index contributed by atoms with van der Waals surface area (Å²) in [7, 11) is 0. The molecule has 0 bridgehead atoms. The lowest BCUT2D eigenvalue weighted by molar-refractivity contribution is -0.134. The second-order valence-corrected chi connectivity index (χ2v) is 4.60. The van der Waals surface area contributed by atoms with Crippen molar-refractivity contribution < 1.29 is 4.79 Å². The van der Waals surface area contributed by atoms with Crippen molar-refractivity contribution in [3.63, 3.8) is 0 Å². The fraction of sp³-hybridized carbons (Fsp3) is 0.917. The molecule has 2 unspecified atom stereocenters. The van der Waals surface area contributed by atoms with Gasteiger partial charge in [-0.3, -0.25) is 4.79 Å². The summed E-state index contributed by atoms with van der Waals surface area (Å²) in [6, 6.07) is -0.273. The van der Waals surface area contributed by atoms with Crippen LogP contribution in [-0.2, 0) is 4.79 Å². The predicted molar refractivity (Wildman–Crippen MR) is 69.7 cm³/mol. The molecule has 1 aliphatic heterocycles. The molecule has 96 valence electrons. The zero-order chi connectivity index (χ0) is 11.3. The fourth-order valence-corrected chi connectivity index (χ4v) is 2.27. The second kappa shape index (κ2) is 7.91. The third-order valence-electron chi connectivity index (χ3n) is 3.32. The molecule has 0 aromatic rings. The Bertz CT molecular complexity index is 211. The summed E-state index contributed by atoms with van der Waals surface area (Å²) in [5.41, 5.74) is 5.85. The van der Waals surface area contributed by atoms with Gasteiger partial charge in [-0.1, -0.05) is 26.7 Å². The first kappa shape index (κ1) is 15.7. The predicted octanol–water partition coefficient (Wildman–Crippen LogP) is 2.18. The molecule has 0 radical (unpaired) electrons. The molecule has 1 heterocycles. The molecule has 0 aromatic carbocycles. The Morgan fingerprint density at radius 1 is 1.50 bits per heavy atom. The maximum absolute atomic E-state index is 12.0. The number of likely N-dealkylation sites (tertiary alicyclic amines) is 1. The van der Waals surface area contributed by atoms with Gasteiger partial charge in [0, 0.05) is 13.1 Å². The van der Waals surface area contributed by atoms with Gasteiger partial charge in [0.1, 0.15) is 0 Å². The molecule has 1 amide bonds. The lowest BCUT2D eigenvalue weighted by Crippen LogP contribution is -2.47. The first-order valence-corrected chi connectivity index (χ1v) is 6.23. The van der Waals surface area contributed by atoms with E-state index >= 15 is 0 Å². The van der Waals surface area contributed by atoms with Crippen molar-refractivity contribution in [2.75, 3.05) is 13.1 Å². The Labute approximate surface area is 105 Å². The SMILES string of the molecule is CCCC(N)C(=O)N1CCCC(CC)C1.Cl. The van der Waals surface area contributed by atoms with Crippen LogP contribution in [0.25, 0.3) is 0 Å². The van der Waals surface area contributed by atoms with E-state index in [-0.39, 0.29) is 24.4 Å². The van der Waals surface area contributed by atoms with Gasteiger partial charge < -0.3 is 10.6 Å². The van der Waals surface area contributed by atoms with Crippen LogP contribution in [0.15, 0.2) is 0 Å². The van der Waals surface area contributed by atoms with Crippen LogP contribution in [0.1, 0.15) is 46.0 Å². The number of piperidine rings is 1. The first-order valence-electron chi connectivity index (χ1n) is 6.23. The quantitative estimate of drug-likeness (QED) is 0.829. The van der Waals surface area contributed by atoms with E-state index in [1.807, 2.05) is 4.90 Å². The maximum Gasteiger partial charge on any atom is 0.239 e. The van der Waals surface area contributed by atoms with Crippen LogP contribution in [0.4, 0.5) is 0 Å². The van der Waals surface area contributed by atoms with Crippen LogP contribution >= 0.6 is 12.4 Å². The zero-order valence-corrected chi connectivity index (χ0v) is 11.3. The van der Waals surface area contributed by atoms with E-state index in [0.717, 1.165) is 32.4 Å². The van der Waals surface area contributed by atoms with Gasteiger partial charge in [0.25, 0.3) is 0 Å². The molecule has 4 heteroatoms. The number of nitrogens with two attached hydrogens (primary N) is 1. The average Bonchev–Trinajstić information content (AvgIpc) is 2.28. The van der Waals surface area contributed by atoms with Crippen molar-refractivity contribution in [2.45, 2.75) is 52.0 Å². The number of amides is 1. The van der Waals surface area contributed by atoms with E-state index in [0.29, 0.717) is 5.92 Å². The molecule has 1 fully saturated rings. The first-order chi connectivity index (χ1) is 7.19. The van der Waals surface area contributed by atoms with Crippen molar-refractivity contribution in [2.24, 2.45) is 11.7 Å². The minimum atomic E-state index is -0.273. The van der Waals surface area contributed by atoms with Crippen molar-refractivity contribution in [1.82, 2.24) is 4.90 Å². The minimum absolute atomic E-state index is 0. The van der Waals surface area contributed by atoms with E-state index < -0.39 is 0 Å². The van der Waals surface area contributed by atoms with Crippen LogP contribution in [0.3, 0.4) is 0 Å². The molecule has 0 saturated carbocycles. The van der Waals surface area contributed by atoms with Crippen molar-refractivity contribution >= 4 is 18.3 Å². The molecule has 0 spiro atoms. The molecule has 3 nitrogen and oxygen atoms in total. The van der Waals surface area contributed by atoms with E-state index in [2.05, 4.69) is 13.8 Å². The summed E-state index contributed by atoms with van der Waals surface area (Å²) >= 11 is 0. The summed E-state index contributed by atoms with van der Waals surface area (Å²) in [5, 5.41) is 0. The average molecular weight is 249 g/mol. The molecule has 2 N–H and O–H groups in total. The molecule has 2 atom stereocenters. The number of carbonyl (C=O) groups excluding carboxylic acids is 1. The van der Waals surface area contributed by atoms with Gasteiger partial charge in [-0.25, -0.2) is 0 Å². The number of hydrogen-bond donors (Lipinski definition) is 1. The molecule has 16 heavy (non-hydrogen) atoms. The maximum atomic E-state index is 12.0. The lowest BCUT2D eigenvalue weighted by Gasteiger charge is -2.33. The second-order valence-electron chi connectivity index (χ2n) is 4.60. The molecular formula is C12H25ClN2O. The van der Waals surface area contributed by atoms with Crippen LogP contribution in [0.2, 0.25) is 0 Å². The normalized spacial score (nSPS) is 22.4. The Morgan fingerprint density at radius 3 is 2.75 bits per heavy atom. The van der Waals surface area contributed by atoms with Crippen LogP contribution in [0.5, 0.6) is 0 Å². The number of hydrogen-bond acceptors (Lipinski definition) is 2. The van der Waals surface area contributed by atoms with Gasteiger partial charge in [-0.15, -0.1) is 12.4 Å². The highest BCUT2D eigenvalue weighted by Gasteiger charge is 2.25. The summed E-state index contributed by atoms with van der Waals surface area (Å²) in [5.74, 6) is 0.853. The highest BCUT2D eigenvalue weighted by atomic mass is 35.5. The molecule has 1 saturated heterocycles. The largest absolute Gasteiger partial charge is 0.341 e. The van der Waals surface area contributed by atoms with Crippen LogP contribution in [-0.4, -0.2) is 29.9 Å². The van der Waals surface area contributed by atoms with E-state index in [9.17, 15) is 4.79 Å². The Balaban J connectivity index is 0.00000225. The number of rotatable bonds is 4. The highest BCUT2D eigenvalue weighted by molar-refractivity contribution is 5.85. The van der Waals surface area contributed by atoms with E-state index in [4.69, 9.17) is 5.73 Å². The topological polar surface area (TPSA) is 46.3 Å². The van der Waals surface area contributed by atoms with Gasteiger partial charge in [-0.05, 0) is 25.2 Å². The highest BCUT2D eigenvalue weighted by Crippen LogP contribution is 2.19. The zero-order valence-electron chi connectivity index (χ0n) is 10.4. The minimum Gasteiger partial charge on any atom is -0.341 e. The molecule has 1 aliphatic rings. The van der Waals surface area contributed by atoms with Gasteiger partial charge in [-0.2, -0.15) is 0 Å². The van der Waals surface area contributed by atoms with Crippen LogP contribution in [0, 0.1) is 5.92 Å². The van der Waals surface area contributed by atoms with E-state index in [1.165, 1.54) is 12.8 Å². The molecule has 0 aliphatic carbocycles. The van der Waals surface area contributed by atoms with Gasteiger partial charge in [0.2, 0.25) is 5.91 Å². The van der Waals surface area contributed by atoms with Crippen molar-refractivity contribution in [1.29, 1.82) is 0 Å². The van der Waals surface area contributed by atoms with Gasteiger partial charge in [0.05, 0.1) is 6.04 Å². The molecule has 1 rings (SSSR count). The fourth-order valence-electron chi connectivity index (χ4n) is 2.27. The number of halogens is 1. The lowest BCUT2D eigenvalue weighted by atomic mass is 9.95. The standard InChI is InChI=1S/C12H24N2O.ClH/c1-3-6-11(13)12(15)14-8-5-7-10(4-2)9-14;/h10-11H,3-9,13H2,1-2H3;1H. The van der Waals surface area contributed by atoms with Crippen LogP contribution < -0.4 is 5.73 Å². The number of nitrogens with zero attached hydrogens (tertiary/aromatic N) is 1. The Kier molecular flexibility index (Phi) is 7.77. The monoisotopic (exact) mass is 248 g/mol. The van der Waals surface area contributed by atoms with Gasteiger partial charge in [0.15, 0.2) is 0 Å². The van der Waals surface area contributed by atoms with Crippen molar-refractivity contribution in [3.8, 4) is 0 Å². The van der Waals surface area contributed by atoms with Gasteiger partial charge >= 0.3 is 0 Å². The third-order valence-corrected chi connectivity index (χ3v) is 3.32. The number of carbonyl (C=O) groups is 1. The third kappa shape index (κ3) is 4.30. The van der Waals surface area contributed by atoms with E-state index in [1.54, 1.807) is 0 Å². The summed E-state index contributed by atoms with van der Waals surface area (Å²) in [6.07, 6.45) is 5.38. The summed E-state index contributed by atoms with van der Waals surface area (Å²) in [4.78, 5) is 13.9. The Hall–Kier alpha value is -0.280. The summed E-state index contributed by atoms with van der Waals surface area (Å²) < 4.78 is 0.